The van der Waals surface area contributed by atoms with Gasteiger partial charge in [0.15, 0.2) is 0 Å². The highest BCUT2D eigenvalue weighted by Crippen LogP contribution is 2.36. The molecular weight excluding hydrogens is 336 g/mol. The number of pyridine rings is 1. The first-order chi connectivity index (χ1) is 13.3. The first-order valence-corrected chi connectivity index (χ1v) is 10.6. The summed E-state index contributed by atoms with van der Waals surface area (Å²) in [6.07, 6.45) is 13.6. The molecule has 3 atom stereocenters. The van der Waals surface area contributed by atoms with Gasteiger partial charge < -0.3 is 9.47 Å². The summed E-state index contributed by atoms with van der Waals surface area (Å²) in [5.41, 5.74) is 3.56. The lowest BCUT2D eigenvalue weighted by Crippen LogP contribution is -3.15. The van der Waals surface area contributed by atoms with Crippen LogP contribution in [0.1, 0.15) is 50.1 Å². The first-order valence-electron chi connectivity index (χ1n) is 10.6. The summed E-state index contributed by atoms with van der Waals surface area (Å²) in [6, 6.07) is 3.71. The minimum Gasteiger partial charge on any atom is -0.334 e. The third kappa shape index (κ3) is 3.33. The lowest BCUT2D eigenvalue weighted by Gasteiger charge is -2.42. The fourth-order valence-electron chi connectivity index (χ4n) is 5.89. The Morgan fingerprint density at radius 3 is 2.70 bits per heavy atom. The van der Waals surface area contributed by atoms with E-state index in [2.05, 4.69) is 14.5 Å². The average Bonchev–Trinajstić information content (AvgIpc) is 2.70. The number of rotatable bonds is 3. The first kappa shape index (κ1) is 17.1. The Bertz CT molecular complexity index is 856. The molecule has 2 aromatic heterocycles. The van der Waals surface area contributed by atoms with Crippen molar-refractivity contribution in [2.45, 2.75) is 51.0 Å². The molecule has 1 unspecified atom stereocenters. The lowest BCUT2D eigenvalue weighted by atomic mass is 9.80. The summed E-state index contributed by atoms with van der Waals surface area (Å²) in [7, 11) is 0. The van der Waals surface area contributed by atoms with E-state index in [1.54, 1.807) is 17.3 Å². The van der Waals surface area contributed by atoms with Crippen molar-refractivity contribution in [1.29, 1.82) is 0 Å². The maximum atomic E-state index is 12.6. The zero-order valence-corrected chi connectivity index (χ0v) is 15.9. The molecule has 27 heavy (non-hydrogen) atoms. The maximum absolute atomic E-state index is 12.6. The smallest absolute Gasteiger partial charge is 0.250 e. The Labute approximate surface area is 160 Å². The van der Waals surface area contributed by atoms with Gasteiger partial charge in [0.25, 0.3) is 5.56 Å². The number of nitrogens with one attached hydrogen (secondary N) is 1. The van der Waals surface area contributed by atoms with Gasteiger partial charge in [-0.05, 0) is 25.3 Å². The molecule has 142 valence electrons. The van der Waals surface area contributed by atoms with E-state index in [1.807, 2.05) is 18.5 Å². The fourth-order valence-corrected chi connectivity index (χ4v) is 5.89. The number of quaternary nitrogens is 1. The van der Waals surface area contributed by atoms with Crippen LogP contribution in [0.25, 0.3) is 11.1 Å². The molecule has 1 N–H and O–H groups in total. The monoisotopic (exact) mass is 365 g/mol. The standard InChI is InChI=1S/C22H28N4O/c27-21-7-6-20(19-9-23-15-24-10-19)22-18-8-17(13-26(21)22)12-25(14-18)11-16-4-2-1-3-5-16/h6-7,9-10,15-18H,1-5,8,11-14H2/p+1/t17-,18+/m0/s1. The predicted octanol–water partition coefficient (Wildman–Crippen LogP) is 1.89. The van der Waals surface area contributed by atoms with Gasteiger partial charge >= 0.3 is 0 Å². The van der Waals surface area contributed by atoms with Crippen LogP contribution in [0.15, 0.2) is 35.6 Å². The topological polar surface area (TPSA) is 52.2 Å². The molecule has 1 saturated carbocycles. The highest BCUT2D eigenvalue weighted by atomic mass is 16.1. The van der Waals surface area contributed by atoms with Crippen molar-refractivity contribution in [1.82, 2.24) is 14.5 Å². The molecule has 1 saturated heterocycles. The SMILES string of the molecule is O=c1ccc(-c2cncnc2)c2n1C[C@H]1C[C@@H]2C[NH+](CC2CCCCC2)C1. The minimum absolute atomic E-state index is 0.149. The molecule has 1 aliphatic carbocycles. The zero-order chi connectivity index (χ0) is 18.2. The largest absolute Gasteiger partial charge is 0.334 e. The second kappa shape index (κ2) is 7.19. The van der Waals surface area contributed by atoms with Gasteiger partial charge in [0.2, 0.25) is 0 Å². The molecule has 3 aliphatic rings. The molecule has 2 bridgehead atoms. The van der Waals surface area contributed by atoms with Gasteiger partial charge in [-0.25, -0.2) is 9.97 Å². The average molecular weight is 366 g/mol. The molecule has 0 spiro atoms. The van der Waals surface area contributed by atoms with E-state index in [0.717, 1.165) is 30.1 Å². The number of aromatic nitrogens is 3. The van der Waals surface area contributed by atoms with Gasteiger partial charge in [-0.15, -0.1) is 0 Å². The molecule has 2 aromatic rings. The second-order valence-electron chi connectivity index (χ2n) is 8.87. The van der Waals surface area contributed by atoms with Crippen LogP contribution in [0.2, 0.25) is 0 Å². The number of hydrogen-bond donors (Lipinski definition) is 1. The maximum Gasteiger partial charge on any atom is 0.250 e. The van der Waals surface area contributed by atoms with Crippen molar-refractivity contribution in [3.8, 4) is 11.1 Å². The molecule has 0 radical (unpaired) electrons. The molecule has 5 nitrogen and oxygen atoms in total. The van der Waals surface area contributed by atoms with Crippen LogP contribution in [-0.4, -0.2) is 34.2 Å². The summed E-state index contributed by atoms with van der Waals surface area (Å²) >= 11 is 0. The summed E-state index contributed by atoms with van der Waals surface area (Å²) in [5.74, 6) is 2.02. The highest BCUT2D eigenvalue weighted by molar-refractivity contribution is 5.65. The van der Waals surface area contributed by atoms with Gasteiger partial charge in [-0.1, -0.05) is 19.3 Å². The van der Waals surface area contributed by atoms with E-state index in [0.29, 0.717) is 11.8 Å². The number of hydrogen-bond acceptors (Lipinski definition) is 3. The number of piperidine rings is 1. The van der Waals surface area contributed by atoms with Crippen molar-refractivity contribution in [3.05, 3.63) is 46.9 Å². The van der Waals surface area contributed by atoms with E-state index >= 15 is 0 Å². The number of likely N-dealkylation sites (tertiary alicyclic amines) is 1. The lowest BCUT2D eigenvalue weighted by molar-refractivity contribution is -0.914. The van der Waals surface area contributed by atoms with Crippen LogP contribution in [0.5, 0.6) is 0 Å². The van der Waals surface area contributed by atoms with Crippen LogP contribution in [-0.2, 0) is 6.54 Å². The Morgan fingerprint density at radius 1 is 1.07 bits per heavy atom. The summed E-state index contributed by atoms with van der Waals surface area (Å²) in [6.45, 7) is 4.60. The van der Waals surface area contributed by atoms with E-state index in [1.165, 1.54) is 57.3 Å². The van der Waals surface area contributed by atoms with Crippen LogP contribution in [0.4, 0.5) is 0 Å². The van der Waals surface area contributed by atoms with Gasteiger partial charge in [0.1, 0.15) is 6.33 Å². The molecule has 5 heteroatoms. The van der Waals surface area contributed by atoms with Crippen molar-refractivity contribution in [2.75, 3.05) is 19.6 Å². The molecular formula is C22H29N4O+. The molecule has 2 fully saturated rings. The molecule has 5 rings (SSSR count). The van der Waals surface area contributed by atoms with Gasteiger partial charge in [-0.2, -0.15) is 0 Å². The summed E-state index contributed by atoms with van der Waals surface area (Å²) < 4.78 is 2.05. The van der Waals surface area contributed by atoms with Gasteiger partial charge in [0.05, 0.1) is 19.6 Å². The minimum atomic E-state index is 0.149. The van der Waals surface area contributed by atoms with E-state index < -0.39 is 0 Å². The third-order valence-corrected chi connectivity index (χ3v) is 6.96. The number of nitrogens with zero attached hydrogens (tertiary/aromatic N) is 3. The Balaban J connectivity index is 1.46. The molecule has 2 aliphatic heterocycles. The van der Waals surface area contributed by atoms with Gasteiger partial charge in [-0.3, -0.25) is 4.79 Å². The Kier molecular flexibility index (Phi) is 4.56. The Hall–Kier alpha value is -2.01. The highest BCUT2D eigenvalue weighted by Gasteiger charge is 2.39. The number of fused-ring (bicyclic) bond motifs is 4. The van der Waals surface area contributed by atoms with Crippen LogP contribution < -0.4 is 10.5 Å². The second-order valence-corrected chi connectivity index (χ2v) is 8.87. The predicted molar refractivity (Wildman–Crippen MR) is 105 cm³/mol. The van der Waals surface area contributed by atoms with E-state index in [-0.39, 0.29) is 5.56 Å². The van der Waals surface area contributed by atoms with Crippen LogP contribution in [0.3, 0.4) is 0 Å². The molecule has 0 aromatic carbocycles. The molecule has 0 amide bonds. The zero-order valence-electron chi connectivity index (χ0n) is 15.9. The van der Waals surface area contributed by atoms with E-state index in [9.17, 15) is 4.79 Å². The van der Waals surface area contributed by atoms with E-state index in [4.69, 9.17) is 0 Å². The van der Waals surface area contributed by atoms with Crippen molar-refractivity contribution in [3.63, 3.8) is 0 Å². The molecule has 4 heterocycles. The van der Waals surface area contributed by atoms with Crippen molar-refractivity contribution in [2.24, 2.45) is 11.8 Å². The van der Waals surface area contributed by atoms with Crippen molar-refractivity contribution >= 4 is 0 Å². The van der Waals surface area contributed by atoms with Gasteiger partial charge in [0, 0.05) is 59.6 Å². The summed E-state index contributed by atoms with van der Waals surface area (Å²) in [5, 5.41) is 0. The normalized spacial score (nSPS) is 27.9. The quantitative estimate of drug-likeness (QED) is 0.904. The fraction of sp³-hybridized carbons (Fsp3) is 0.591. The Morgan fingerprint density at radius 2 is 1.89 bits per heavy atom. The van der Waals surface area contributed by atoms with Crippen LogP contribution >= 0.6 is 0 Å². The third-order valence-electron chi connectivity index (χ3n) is 6.96. The van der Waals surface area contributed by atoms with Crippen molar-refractivity contribution < 1.29 is 4.90 Å². The summed E-state index contributed by atoms with van der Waals surface area (Å²) in [4.78, 5) is 22.8. The van der Waals surface area contributed by atoms with Crippen LogP contribution in [0, 0.1) is 11.8 Å².